The van der Waals surface area contributed by atoms with Crippen molar-refractivity contribution in [2.75, 3.05) is 26.0 Å². The molecule has 2 rings (SSSR count). The van der Waals surface area contributed by atoms with E-state index in [1.165, 1.54) is 0 Å². The van der Waals surface area contributed by atoms with E-state index in [-0.39, 0.29) is 6.10 Å². The molecule has 4 atom stereocenters. The zero-order chi connectivity index (χ0) is 18.8. The topological polar surface area (TPSA) is 62.7 Å². The van der Waals surface area contributed by atoms with Gasteiger partial charge in [0.1, 0.15) is 6.10 Å². The van der Waals surface area contributed by atoms with E-state index in [4.69, 9.17) is 9.73 Å². The van der Waals surface area contributed by atoms with Crippen LogP contribution in [0.15, 0.2) is 35.3 Å². The summed E-state index contributed by atoms with van der Waals surface area (Å²) in [7, 11) is 1.01. The lowest BCUT2D eigenvalue weighted by molar-refractivity contribution is 0.111. The first-order valence-corrected chi connectivity index (χ1v) is 11.1. The van der Waals surface area contributed by atoms with Crippen molar-refractivity contribution in [3.63, 3.8) is 0 Å². The molecule has 146 valence electrons. The molecule has 0 bridgehead atoms. The first kappa shape index (κ1) is 20.9. The van der Waals surface area contributed by atoms with Crippen LogP contribution < -0.4 is 10.6 Å². The Morgan fingerprint density at radius 2 is 2.08 bits per heavy atom. The van der Waals surface area contributed by atoms with Crippen molar-refractivity contribution in [2.24, 2.45) is 4.99 Å². The summed E-state index contributed by atoms with van der Waals surface area (Å²) in [5, 5.41) is 7.18. The van der Waals surface area contributed by atoms with Gasteiger partial charge in [0.05, 0.1) is 6.54 Å². The average Bonchev–Trinajstić information content (AvgIpc) is 2.69. The molecule has 0 amide bonds. The molecule has 2 N–H and O–H groups in total. The van der Waals surface area contributed by atoms with Gasteiger partial charge in [-0.25, -0.2) is 0 Å². The highest BCUT2D eigenvalue weighted by Crippen LogP contribution is 2.23. The fourth-order valence-corrected chi connectivity index (χ4v) is 4.77. The van der Waals surface area contributed by atoms with E-state index in [9.17, 15) is 4.21 Å². The van der Waals surface area contributed by atoms with Gasteiger partial charge in [0.25, 0.3) is 0 Å². The van der Waals surface area contributed by atoms with Gasteiger partial charge in [0.2, 0.25) is 0 Å². The number of nitrogens with zero attached hydrogens (tertiary/aromatic N) is 1. The molecule has 1 aliphatic rings. The van der Waals surface area contributed by atoms with Crippen molar-refractivity contribution in [2.45, 2.75) is 56.9 Å². The Hall–Kier alpha value is -1.40. The van der Waals surface area contributed by atoms with E-state index in [1.54, 1.807) is 7.11 Å². The van der Waals surface area contributed by atoms with Crippen LogP contribution in [0.25, 0.3) is 0 Å². The fourth-order valence-electron chi connectivity index (χ4n) is 3.42. The van der Waals surface area contributed by atoms with Crippen molar-refractivity contribution >= 4 is 16.8 Å². The van der Waals surface area contributed by atoms with Crippen LogP contribution in [0.3, 0.4) is 0 Å². The number of hydrogen-bond acceptors (Lipinski definition) is 3. The van der Waals surface area contributed by atoms with Crippen LogP contribution in [0.2, 0.25) is 0 Å². The lowest BCUT2D eigenvalue weighted by Gasteiger charge is -2.30. The second kappa shape index (κ2) is 11.3. The molecule has 1 saturated carbocycles. The van der Waals surface area contributed by atoms with Gasteiger partial charge < -0.3 is 15.4 Å². The van der Waals surface area contributed by atoms with Gasteiger partial charge in [-0.05, 0) is 31.7 Å². The summed E-state index contributed by atoms with van der Waals surface area (Å²) in [5.74, 6) is 1.57. The van der Waals surface area contributed by atoms with Crippen molar-refractivity contribution < 1.29 is 8.95 Å². The molecule has 1 aromatic carbocycles. The molecule has 0 saturated heterocycles. The van der Waals surface area contributed by atoms with Crippen LogP contribution in [0.1, 0.15) is 51.2 Å². The molecule has 0 aromatic heterocycles. The highest BCUT2D eigenvalue weighted by molar-refractivity contribution is 7.85. The summed E-state index contributed by atoms with van der Waals surface area (Å²) in [5.41, 5.74) is 1.13. The molecule has 1 aromatic rings. The monoisotopic (exact) mass is 379 g/mol. The summed E-state index contributed by atoms with van der Waals surface area (Å²) in [6, 6.07) is 10.5. The van der Waals surface area contributed by atoms with Crippen LogP contribution in [0.4, 0.5) is 0 Å². The van der Waals surface area contributed by atoms with Crippen LogP contribution in [-0.2, 0) is 15.5 Å². The number of methoxy groups -OCH3 is 1. The smallest absolute Gasteiger partial charge is 0.191 e. The van der Waals surface area contributed by atoms with Crippen molar-refractivity contribution in [3.05, 3.63) is 35.9 Å². The second-order valence-electron chi connectivity index (χ2n) is 6.65. The summed E-state index contributed by atoms with van der Waals surface area (Å²) >= 11 is 0. The van der Waals surface area contributed by atoms with Crippen LogP contribution >= 0.6 is 0 Å². The van der Waals surface area contributed by atoms with Gasteiger partial charge >= 0.3 is 0 Å². The number of nitrogens with one attached hydrogen (secondary N) is 2. The Bertz CT molecular complexity index is 580. The quantitative estimate of drug-likeness (QED) is 0.538. The summed E-state index contributed by atoms with van der Waals surface area (Å²) in [6.45, 7) is 5.45. The maximum Gasteiger partial charge on any atom is 0.191 e. The highest BCUT2D eigenvalue weighted by Gasteiger charge is 2.26. The molecule has 0 radical (unpaired) electrons. The third-order valence-electron chi connectivity index (χ3n) is 4.84. The molecule has 4 unspecified atom stereocenters. The van der Waals surface area contributed by atoms with Crippen LogP contribution in [0, 0.1) is 0 Å². The molecule has 0 spiro atoms. The molecule has 0 heterocycles. The number of guanidine groups is 1. The standard InChI is InChI=1S/C20H33N3O2S/c1-4-21-20(22-15-19(25-3)16-10-7-6-8-11-16)23-17-12-9-13-18(14-17)26(24)5-2/h6-8,10-11,17-19H,4-5,9,12-15H2,1-3H3,(H2,21,22,23). The second-order valence-corrected chi connectivity index (χ2v) is 8.66. The Balaban J connectivity index is 1.98. The molecule has 6 heteroatoms. The predicted molar refractivity (Wildman–Crippen MR) is 110 cm³/mol. The normalized spacial score (nSPS) is 23.3. The summed E-state index contributed by atoms with van der Waals surface area (Å²) in [6.07, 6.45) is 4.20. The van der Waals surface area contributed by atoms with Gasteiger partial charge in [0.15, 0.2) is 5.96 Å². The largest absolute Gasteiger partial charge is 0.375 e. The zero-order valence-corrected chi connectivity index (χ0v) is 17.1. The summed E-state index contributed by atoms with van der Waals surface area (Å²) in [4.78, 5) is 4.74. The van der Waals surface area contributed by atoms with E-state index in [0.717, 1.165) is 49.5 Å². The third-order valence-corrected chi connectivity index (χ3v) is 6.58. The zero-order valence-electron chi connectivity index (χ0n) is 16.2. The number of hydrogen-bond donors (Lipinski definition) is 2. The Morgan fingerprint density at radius 1 is 1.31 bits per heavy atom. The molecular weight excluding hydrogens is 346 g/mol. The number of ether oxygens (including phenoxy) is 1. The van der Waals surface area contributed by atoms with Gasteiger partial charge in [-0.2, -0.15) is 0 Å². The third kappa shape index (κ3) is 6.40. The lowest BCUT2D eigenvalue weighted by Crippen LogP contribution is -2.46. The van der Waals surface area contributed by atoms with Gasteiger partial charge in [-0.1, -0.05) is 43.7 Å². The first-order chi connectivity index (χ1) is 12.7. The average molecular weight is 380 g/mol. The minimum absolute atomic E-state index is 0.0571. The van der Waals surface area contributed by atoms with E-state index >= 15 is 0 Å². The minimum atomic E-state index is -0.710. The molecule has 5 nitrogen and oxygen atoms in total. The SMILES string of the molecule is CCNC(=NCC(OC)c1ccccc1)NC1CCCC(S(=O)CC)C1. The molecule has 1 aliphatic carbocycles. The number of benzene rings is 1. The maximum absolute atomic E-state index is 12.2. The van der Waals surface area contributed by atoms with E-state index in [2.05, 4.69) is 29.7 Å². The molecule has 1 fully saturated rings. The first-order valence-electron chi connectivity index (χ1n) is 9.67. The predicted octanol–water partition coefficient (Wildman–Crippen LogP) is 3.01. The minimum Gasteiger partial charge on any atom is -0.375 e. The Kier molecular flexibility index (Phi) is 9.12. The summed E-state index contributed by atoms with van der Waals surface area (Å²) < 4.78 is 17.8. The van der Waals surface area contributed by atoms with Crippen LogP contribution in [-0.4, -0.2) is 47.4 Å². The number of rotatable bonds is 8. The van der Waals surface area contributed by atoms with Crippen molar-refractivity contribution in [1.29, 1.82) is 0 Å². The van der Waals surface area contributed by atoms with Crippen LogP contribution in [0.5, 0.6) is 0 Å². The van der Waals surface area contributed by atoms with Gasteiger partial charge in [0, 0.05) is 41.5 Å². The Labute approximate surface area is 160 Å². The molecular formula is C20H33N3O2S. The molecule has 26 heavy (non-hydrogen) atoms. The fraction of sp³-hybridized carbons (Fsp3) is 0.650. The highest BCUT2D eigenvalue weighted by atomic mass is 32.2. The number of aliphatic imine (C=N–C) groups is 1. The lowest BCUT2D eigenvalue weighted by atomic mass is 9.95. The van der Waals surface area contributed by atoms with Gasteiger partial charge in [-0.15, -0.1) is 0 Å². The van der Waals surface area contributed by atoms with E-state index in [1.807, 2.05) is 25.1 Å². The Morgan fingerprint density at radius 3 is 2.73 bits per heavy atom. The van der Waals surface area contributed by atoms with Crippen molar-refractivity contribution in [3.8, 4) is 0 Å². The molecule has 0 aliphatic heterocycles. The van der Waals surface area contributed by atoms with E-state index in [0.29, 0.717) is 17.8 Å². The maximum atomic E-state index is 12.2. The van der Waals surface area contributed by atoms with Crippen molar-refractivity contribution in [1.82, 2.24) is 10.6 Å². The van der Waals surface area contributed by atoms with Gasteiger partial charge in [-0.3, -0.25) is 9.20 Å². The van der Waals surface area contributed by atoms with E-state index < -0.39 is 10.8 Å².